The van der Waals surface area contributed by atoms with Crippen molar-refractivity contribution in [2.45, 2.75) is 71.4 Å². The third-order valence-corrected chi connectivity index (χ3v) is 3.28. The summed E-state index contributed by atoms with van der Waals surface area (Å²) in [5.41, 5.74) is -0.529. The number of rotatable bonds is 10. The highest BCUT2D eigenvalue weighted by molar-refractivity contribution is 5.73. The first-order chi connectivity index (χ1) is 10.2. The van der Waals surface area contributed by atoms with Crippen LogP contribution in [0.2, 0.25) is 0 Å². The largest absolute Gasteiger partial charge is 0.480 e. The highest BCUT2D eigenvalue weighted by atomic mass is 16.6. The molecule has 1 unspecified atom stereocenters. The first-order valence-electron chi connectivity index (χ1n) is 8.07. The highest BCUT2D eigenvalue weighted by Crippen LogP contribution is 2.10. The van der Waals surface area contributed by atoms with Crippen LogP contribution in [0.25, 0.3) is 0 Å². The first kappa shape index (κ1) is 20.7. The number of likely N-dealkylation sites (N-methyl/N-ethyl adjacent to an activating group) is 1. The Hall–Kier alpha value is -1.30. The molecule has 1 atom stereocenters. The SMILES string of the molecule is CCCCCCC(C(=O)O)N(C)CCNC(=O)OC(C)(C)C. The fraction of sp³-hybridized carbons (Fsp3) is 0.875. The second-order valence-corrected chi connectivity index (χ2v) is 6.61. The van der Waals surface area contributed by atoms with Gasteiger partial charge in [0.1, 0.15) is 11.6 Å². The molecule has 0 aromatic heterocycles. The molecule has 0 heterocycles. The number of aliphatic carboxylic acids is 1. The smallest absolute Gasteiger partial charge is 0.407 e. The Kier molecular flexibility index (Phi) is 9.81. The quantitative estimate of drug-likeness (QED) is 0.606. The summed E-state index contributed by atoms with van der Waals surface area (Å²) in [6.45, 7) is 8.37. The highest BCUT2D eigenvalue weighted by Gasteiger charge is 2.22. The molecule has 0 aliphatic heterocycles. The molecule has 0 radical (unpaired) electrons. The van der Waals surface area contributed by atoms with Crippen molar-refractivity contribution in [2.75, 3.05) is 20.1 Å². The van der Waals surface area contributed by atoms with Crippen LogP contribution < -0.4 is 5.32 Å². The van der Waals surface area contributed by atoms with Gasteiger partial charge in [-0.15, -0.1) is 0 Å². The predicted molar refractivity (Wildman–Crippen MR) is 87.0 cm³/mol. The number of amides is 1. The van der Waals surface area contributed by atoms with Crippen molar-refractivity contribution in [1.82, 2.24) is 10.2 Å². The van der Waals surface area contributed by atoms with E-state index in [4.69, 9.17) is 4.74 Å². The maximum atomic E-state index is 11.5. The number of carboxylic acid groups (broad SMARTS) is 1. The minimum absolute atomic E-state index is 0.365. The van der Waals surface area contributed by atoms with Crippen LogP contribution in [0.3, 0.4) is 0 Å². The summed E-state index contributed by atoms with van der Waals surface area (Å²) in [5, 5.41) is 12.0. The van der Waals surface area contributed by atoms with Crippen molar-refractivity contribution in [1.29, 1.82) is 0 Å². The molecular formula is C16H32N2O4. The summed E-state index contributed by atoms with van der Waals surface area (Å²) in [7, 11) is 1.77. The maximum absolute atomic E-state index is 11.5. The van der Waals surface area contributed by atoms with Crippen LogP contribution in [-0.2, 0) is 9.53 Å². The molecule has 1 amide bonds. The Balaban J connectivity index is 4.10. The number of unbranched alkanes of at least 4 members (excludes halogenated alkanes) is 3. The Bertz CT molecular complexity index is 340. The maximum Gasteiger partial charge on any atom is 0.407 e. The zero-order valence-electron chi connectivity index (χ0n) is 14.6. The summed E-state index contributed by atoms with van der Waals surface area (Å²) in [4.78, 5) is 24.6. The third-order valence-electron chi connectivity index (χ3n) is 3.28. The lowest BCUT2D eigenvalue weighted by molar-refractivity contribution is -0.143. The number of hydrogen-bond acceptors (Lipinski definition) is 4. The van der Waals surface area contributed by atoms with E-state index < -0.39 is 23.7 Å². The second-order valence-electron chi connectivity index (χ2n) is 6.61. The van der Waals surface area contributed by atoms with E-state index in [9.17, 15) is 14.7 Å². The minimum atomic E-state index is -0.809. The summed E-state index contributed by atoms with van der Waals surface area (Å²) < 4.78 is 5.13. The summed E-state index contributed by atoms with van der Waals surface area (Å²) in [6.07, 6.45) is 4.40. The van der Waals surface area contributed by atoms with Gasteiger partial charge < -0.3 is 15.2 Å². The van der Waals surface area contributed by atoms with Gasteiger partial charge in [-0.3, -0.25) is 9.69 Å². The lowest BCUT2D eigenvalue weighted by Crippen LogP contribution is -2.43. The van der Waals surface area contributed by atoms with Crippen LogP contribution in [0.4, 0.5) is 4.79 Å². The Morgan fingerprint density at radius 2 is 1.86 bits per heavy atom. The molecule has 6 nitrogen and oxygen atoms in total. The molecule has 0 aliphatic carbocycles. The van der Waals surface area contributed by atoms with Gasteiger partial charge in [0.15, 0.2) is 0 Å². The standard InChI is InChI=1S/C16H32N2O4/c1-6-7-8-9-10-13(14(19)20)18(5)12-11-17-15(21)22-16(2,3)4/h13H,6-12H2,1-5H3,(H,17,21)(H,19,20). The normalized spacial score (nSPS) is 13.0. The van der Waals surface area contributed by atoms with E-state index in [2.05, 4.69) is 12.2 Å². The van der Waals surface area contributed by atoms with Crippen molar-refractivity contribution in [3.05, 3.63) is 0 Å². The van der Waals surface area contributed by atoms with Gasteiger partial charge in [-0.2, -0.15) is 0 Å². The van der Waals surface area contributed by atoms with Gasteiger partial charge in [-0.05, 0) is 34.2 Å². The predicted octanol–water partition coefficient (Wildman–Crippen LogP) is 2.87. The van der Waals surface area contributed by atoms with Crippen molar-refractivity contribution >= 4 is 12.1 Å². The van der Waals surface area contributed by atoms with Crippen LogP contribution in [0.15, 0.2) is 0 Å². The van der Waals surface area contributed by atoms with Gasteiger partial charge in [0, 0.05) is 13.1 Å². The molecule has 0 spiro atoms. The van der Waals surface area contributed by atoms with Crippen LogP contribution in [-0.4, -0.2) is 53.8 Å². The number of alkyl carbamates (subject to hydrolysis) is 1. The van der Waals surface area contributed by atoms with E-state index >= 15 is 0 Å². The molecule has 0 bridgehead atoms. The molecule has 130 valence electrons. The minimum Gasteiger partial charge on any atom is -0.480 e. The van der Waals surface area contributed by atoms with Gasteiger partial charge in [0.05, 0.1) is 0 Å². The molecule has 22 heavy (non-hydrogen) atoms. The molecule has 0 saturated heterocycles. The van der Waals surface area contributed by atoms with E-state index in [1.54, 1.807) is 32.7 Å². The van der Waals surface area contributed by atoms with E-state index in [1.165, 1.54) is 0 Å². The number of nitrogens with one attached hydrogen (secondary N) is 1. The number of carboxylic acids is 1. The summed E-state index contributed by atoms with van der Waals surface area (Å²) >= 11 is 0. The number of nitrogens with zero attached hydrogens (tertiary/aromatic N) is 1. The zero-order valence-corrected chi connectivity index (χ0v) is 14.6. The molecule has 0 fully saturated rings. The molecule has 0 aromatic rings. The van der Waals surface area contributed by atoms with Crippen molar-refractivity contribution in [3.63, 3.8) is 0 Å². The zero-order chi connectivity index (χ0) is 17.2. The van der Waals surface area contributed by atoms with E-state index in [1.807, 2.05) is 0 Å². The molecular weight excluding hydrogens is 284 g/mol. The fourth-order valence-corrected chi connectivity index (χ4v) is 2.10. The van der Waals surface area contributed by atoms with Gasteiger partial charge >= 0.3 is 12.1 Å². The monoisotopic (exact) mass is 316 g/mol. The average molecular weight is 316 g/mol. The van der Waals surface area contributed by atoms with E-state index in [0.29, 0.717) is 19.5 Å². The van der Waals surface area contributed by atoms with Gasteiger partial charge in [0.2, 0.25) is 0 Å². The van der Waals surface area contributed by atoms with Gasteiger partial charge in [-0.25, -0.2) is 4.79 Å². The Morgan fingerprint density at radius 3 is 2.36 bits per heavy atom. The van der Waals surface area contributed by atoms with Crippen molar-refractivity contribution in [3.8, 4) is 0 Å². The number of hydrogen-bond donors (Lipinski definition) is 2. The van der Waals surface area contributed by atoms with Crippen LogP contribution in [0, 0.1) is 0 Å². The van der Waals surface area contributed by atoms with Gasteiger partial charge in [0.25, 0.3) is 0 Å². The van der Waals surface area contributed by atoms with Crippen LogP contribution in [0.5, 0.6) is 0 Å². The first-order valence-corrected chi connectivity index (χ1v) is 8.07. The second kappa shape index (κ2) is 10.4. The van der Waals surface area contributed by atoms with Crippen molar-refractivity contribution in [2.24, 2.45) is 0 Å². The average Bonchev–Trinajstić information content (AvgIpc) is 2.35. The lowest BCUT2D eigenvalue weighted by atomic mass is 10.1. The molecule has 6 heteroatoms. The fourth-order valence-electron chi connectivity index (χ4n) is 2.10. The number of ether oxygens (including phenoxy) is 1. The summed E-state index contributed by atoms with van der Waals surface area (Å²) in [6, 6.07) is -0.503. The van der Waals surface area contributed by atoms with E-state index in [0.717, 1.165) is 25.7 Å². The number of carbonyl (C=O) groups excluding carboxylic acids is 1. The summed E-state index contributed by atoms with van der Waals surface area (Å²) in [5.74, 6) is -0.809. The molecule has 0 rings (SSSR count). The van der Waals surface area contributed by atoms with Crippen molar-refractivity contribution < 1.29 is 19.4 Å². The third kappa shape index (κ3) is 10.4. The molecule has 0 aromatic carbocycles. The lowest BCUT2D eigenvalue weighted by Gasteiger charge is -2.25. The van der Waals surface area contributed by atoms with Crippen LogP contribution >= 0.6 is 0 Å². The molecule has 0 aliphatic rings. The van der Waals surface area contributed by atoms with Gasteiger partial charge in [-0.1, -0.05) is 32.6 Å². The van der Waals surface area contributed by atoms with Crippen LogP contribution in [0.1, 0.15) is 59.8 Å². The molecule has 0 saturated carbocycles. The van der Waals surface area contributed by atoms with E-state index in [-0.39, 0.29) is 0 Å². The number of carbonyl (C=O) groups is 2. The Morgan fingerprint density at radius 1 is 1.23 bits per heavy atom. The Labute approximate surface area is 134 Å². The topological polar surface area (TPSA) is 78.9 Å². The molecule has 2 N–H and O–H groups in total.